The Bertz CT molecular complexity index is 343. The van der Waals surface area contributed by atoms with Crippen molar-refractivity contribution in [3.8, 4) is 0 Å². The molecule has 4 bridgehead atoms. The fraction of sp³-hybridized carbons (Fsp3) is 0.933. The van der Waals surface area contributed by atoms with E-state index in [2.05, 4.69) is 24.7 Å². The summed E-state index contributed by atoms with van der Waals surface area (Å²) in [6.07, 6.45) is 7.63. The Morgan fingerprint density at radius 3 is 2.00 bits per heavy atom. The lowest BCUT2D eigenvalue weighted by Crippen LogP contribution is -2.58. The second-order valence-electron chi connectivity index (χ2n) is 7.47. The van der Waals surface area contributed by atoms with Crippen LogP contribution >= 0.6 is 0 Å². The summed E-state index contributed by atoms with van der Waals surface area (Å²) in [6, 6.07) is 0. The van der Waals surface area contributed by atoms with Gasteiger partial charge >= 0.3 is 6.09 Å². The predicted molar refractivity (Wildman–Crippen MR) is 73.4 cm³/mol. The molecular weight excluding hydrogens is 240 g/mol. The highest BCUT2D eigenvalue weighted by molar-refractivity contribution is 5.67. The van der Waals surface area contributed by atoms with E-state index in [1.165, 1.54) is 38.5 Å². The van der Waals surface area contributed by atoms with Crippen LogP contribution in [-0.4, -0.2) is 18.7 Å². The topological polar surface area (TPSA) is 50.4 Å². The van der Waals surface area contributed by atoms with Crippen LogP contribution in [-0.2, 0) is 4.74 Å². The molecule has 0 aromatic heterocycles. The SMILES string of the molecule is CNNC(=O)OC(C)(C)C12CC3CC(CC(C3)C1)C2. The maximum Gasteiger partial charge on any atom is 0.422 e. The molecule has 0 aromatic carbocycles. The molecule has 19 heavy (non-hydrogen) atoms. The van der Waals surface area contributed by atoms with Crippen LogP contribution in [0.25, 0.3) is 0 Å². The van der Waals surface area contributed by atoms with Gasteiger partial charge in [0.15, 0.2) is 0 Å². The molecular formula is C15H26N2O2. The molecule has 4 fully saturated rings. The van der Waals surface area contributed by atoms with Gasteiger partial charge in [-0.25, -0.2) is 10.2 Å². The molecule has 0 heterocycles. The number of carbonyl (C=O) groups is 1. The highest BCUT2D eigenvalue weighted by Crippen LogP contribution is 2.64. The van der Waals surface area contributed by atoms with Crippen molar-refractivity contribution >= 4 is 6.09 Å². The van der Waals surface area contributed by atoms with Crippen LogP contribution in [0.5, 0.6) is 0 Å². The van der Waals surface area contributed by atoms with Gasteiger partial charge in [-0.1, -0.05) is 0 Å². The lowest BCUT2D eigenvalue weighted by atomic mass is 9.46. The minimum absolute atomic E-state index is 0.215. The first-order valence-electron chi connectivity index (χ1n) is 7.60. The molecule has 0 saturated heterocycles. The third-order valence-electron chi connectivity index (χ3n) is 5.89. The Labute approximate surface area is 115 Å². The maximum absolute atomic E-state index is 11.8. The molecule has 0 aliphatic heterocycles. The molecule has 0 unspecified atom stereocenters. The van der Waals surface area contributed by atoms with Gasteiger partial charge in [0.25, 0.3) is 0 Å². The van der Waals surface area contributed by atoms with E-state index in [1.54, 1.807) is 7.05 Å². The highest BCUT2D eigenvalue weighted by atomic mass is 16.6. The van der Waals surface area contributed by atoms with Crippen molar-refractivity contribution in [1.82, 2.24) is 10.9 Å². The molecule has 108 valence electrons. The molecule has 4 nitrogen and oxygen atoms in total. The van der Waals surface area contributed by atoms with Gasteiger partial charge in [-0.05, 0) is 70.1 Å². The minimum Gasteiger partial charge on any atom is -0.442 e. The van der Waals surface area contributed by atoms with Gasteiger partial charge in [-0.3, -0.25) is 5.43 Å². The van der Waals surface area contributed by atoms with Crippen LogP contribution < -0.4 is 10.9 Å². The van der Waals surface area contributed by atoms with Gasteiger partial charge in [-0.2, -0.15) is 0 Å². The van der Waals surface area contributed by atoms with E-state index in [1.807, 2.05) is 0 Å². The van der Waals surface area contributed by atoms with Crippen LogP contribution in [0.1, 0.15) is 52.4 Å². The van der Waals surface area contributed by atoms with Crippen molar-refractivity contribution in [3.63, 3.8) is 0 Å². The molecule has 0 spiro atoms. The van der Waals surface area contributed by atoms with E-state index in [4.69, 9.17) is 4.74 Å². The number of hydrogen-bond acceptors (Lipinski definition) is 3. The normalized spacial score (nSPS) is 40.3. The fourth-order valence-corrected chi connectivity index (χ4v) is 5.32. The number of carbonyl (C=O) groups excluding carboxylic acids is 1. The largest absolute Gasteiger partial charge is 0.442 e. The Kier molecular flexibility index (Phi) is 3.04. The number of rotatable bonds is 3. The molecule has 1 amide bonds. The zero-order chi connectivity index (χ0) is 13.7. The predicted octanol–water partition coefficient (Wildman–Crippen LogP) is 2.84. The van der Waals surface area contributed by atoms with Crippen molar-refractivity contribution in [3.05, 3.63) is 0 Å². The quantitative estimate of drug-likeness (QED) is 0.772. The Morgan fingerprint density at radius 1 is 1.11 bits per heavy atom. The first-order valence-corrected chi connectivity index (χ1v) is 7.60. The van der Waals surface area contributed by atoms with Gasteiger partial charge < -0.3 is 4.74 Å². The Balaban J connectivity index is 1.78. The van der Waals surface area contributed by atoms with Gasteiger partial charge in [0.1, 0.15) is 5.60 Å². The van der Waals surface area contributed by atoms with Crippen molar-refractivity contribution < 1.29 is 9.53 Å². The third kappa shape index (κ3) is 2.14. The average Bonchev–Trinajstić information content (AvgIpc) is 2.26. The van der Waals surface area contributed by atoms with Crippen molar-refractivity contribution in [1.29, 1.82) is 0 Å². The molecule has 0 aromatic rings. The van der Waals surface area contributed by atoms with Crippen molar-refractivity contribution in [2.24, 2.45) is 23.2 Å². The number of ether oxygens (including phenoxy) is 1. The lowest BCUT2D eigenvalue weighted by molar-refractivity contribution is -0.163. The second-order valence-corrected chi connectivity index (χ2v) is 7.47. The van der Waals surface area contributed by atoms with Crippen molar-refractivity contribution in [2.75, 3.05) is 7.05 Å². The van der Waals surface area contributed by atoms with Crippen LogP contribution in [0.15, 0.2) is 0 Å². The van der Waals surface area contributed by atoms with Crippen LogP contribution in [0.2, 0.25) is 0 Å². The van der Waals surface area contributed by atoms with E-state index in [-0.39, 0.29) is 17.1 Å². The lowest BCUT2D eigenvalue weighted by Gasteiger charge is -2.61. The number of amides is 1. The summed E-state index contributed by atoms with van der Waals surface area (Å²) >= 11 is 0. The molecule has 4 aliphatic carbocycles. The zero-order valence-corrected chi connectivity index (χ0v) is 12.3. The van der Waals surface area contributed by atoms with Gasteiger partial charge in [0.05, 0.1) is 0 Å². The Morgan fingerprint density at radius 2 is 1.58 bits per heavy atom. The fourth-order valence-electron chi connectivity index (χ4n) is 5.32. The third-order valence-corrected chi connectivity index (χ3v) is 5.89. The Hall–Kier alpha value is -0.770. The maximum atomic E-state index is 11.8. The van der Waals surface area contributed by atoms with Crippen LogP contribution in [0, 0.1) is 23.2 Å². The molecule has 4 heteroatoms. The first kappa shape index (κ1) is 13.2. The van der Waals surface area contributed by atoms with Crippen LogP contribution in [0.3, 0.4) is 0 Å². The molecule has 2 N–H and O–H groups in total. The van der Waals surface area contributed by atoms with E-state index in [0.29, 0.717) is 0 Å². The summed E-state index contributed by atoms with van der Waals surface area (Å²) in [7, 11) is 1.68. The standard InChI is InChI=1S/C15H26N2O2/c1-14(2,19-13(18)17-16-3)15-7-10-4-11(8-15)6-12(5-10)9-15/h10-12,16H,4-9H2,1-3H3,(H,17,18). The summed E-state index contributed by atoms with van der Waals surface area (Å²) in [5, 5.41) is 0. The van der Waals surface area contributed by atoms with Crippen molar-refractivity contribution in [2.45, 2.75) is 58.0 Å². The average molecular weight is 266 g/mol. The summed E-state index contributed by atoms with van der Waals surface area (Å²) in [4.78, 5) is 11.8. The van der Waals surface area contributed by atoms with Gasteiger partial charge in [0, 0.05) is 12.5 Å². The summed E-state index contributed by atoms with van der Waals surface area (Å²) < 4.78 is 5.75. The van der Waals surface area contributed by atoms with E-state index >= 15 is 0 Å². The first-order chi connectivity index (χ1) is 8.94. The molecule has 0 radical (unpaired) electrons. The van der Waals surface area contributed by atoms with Gasteiger partial charge in [0.2, 0.25) is 0 Å². The van der Waals surface area contributed by atoms with E-state index in [0.717, 1.165) is 17.8 Å². The van der Waals surface area contributed by atoms with Gasteiger partial charge in [-0.15, -0.1) is 0 Å². The summed E-state index contributed by atoms with van der Waals surface area (Å²) in [5.74, 6) is 2.63. The van der Waals surface area contributed by atoms with E-state index in [9.17, 15) is 4.79 Å². The molecule has 4 rings (SSSR count). The zero-order valence-electron chi connectivity index (χ0n) is 12.3. The highest BCUT2D eigenvalue weighted by Gasteiger charge is 2.58. The molecule has 4 saturated carbocycles. The molecule has 0 atom stereocenters. The van der Waals surface area contributed by atoms with E-state index < -0.39 is 0 Å². The summed E-state index contributed by atoms with van der Waals surface area (Å²) in [6.45, 7) is 4.21. The smallest absolute Gasteiger partial charge is 0.422 e. The second kappa shape index (κ2) is 4.37. The number of hydrogen-bond donors (Lipinski definition) is 2. The minimum atomic E-state index is -0.371. The van der Waals surface area contributed by atoms with Crippen LogP contribution in [0.4, 0.5) is 4.79 Å². The monoisotopic (exact) mass is 266 g/mol. The number of nitrogens with one attached hydrogen (secondary N) is 2. The summed E-state index contributed by atoms with van der Waals surface area (Å²) in [5.41, 5.74) is 5.01. The molecule has 4 aliphatic rings. The number of hydrazine groups is 1.